The fourth-order valence-corrected chi connectivity index (χ4v) is 5.11. The Kier molecular flexibility index (Phi) is 6.01. The van der Waals surface area contributed by atoms with Crippen LogP contribution in [0, 0.1) is 5.92 Å². The van der Waals surface area contributed by atoms with Crippen LogP contribution in [0.2, 0.25) is 0 Å². The fraction of sp³-hybridized carbons (Fsp3) is 0.381. The van der Waals surface area contributed by atoms with Crippen LogP contribution in [0.25, 0.3) is 0 Å². The molecule has 3 amide bonds. The molecule has 1 aromatic heterocycles. The van der Waals surface area contributed by atoms with E-state index in [1.54, 1.807) is 16.2 Å². The van der Waals surface area contributed by atoms with Gasteiger partial charge < -0.3 is 15.1 Å². The molecule has 8 heteroatoms. The summed E-state index contributed by atoms with van der Waals surface area (Å²) >= 11 is 5.15. The van der Waals surface area contributed by atoms with Crippen molar-refractivity contribution in [2.75, 3.05) is 24.5 Å². The van der Waals surface area contributed by atoms with E-state index < -0.39 is 0 Å². The first-order valence-corrected chi connectivity index (χ1v) is 11.3. The monoisotopic (exact) mass is 475 g/mol. The molecule has 0 bridgehead atoms. The molecular formula is C21H22BrN3O3S. The third-order valence-corrected chi connectivity index (χ3v) is 6.93. The van der Waals surface area contributed by atoms with Crippen molar-refractivity contribution < 1.29 is 14.4 Å². The van der Waals surface area contributed by atoms with Crippen LogP contribution in [0.15, 0.2) is 40.2 Å². The second-order valence-electron chi connectivity index (χ2n) is 7.36. The molecule has 1 fully saturated rings. The number of hydrogen-bond donors (Lipinski definition) is 1. The number of thiophene rings is 1. The van der Waals surface area contributed by atoms with E-state index in [1.807, 2.05) is 29.2 Å². The Balaban J connectivity index is 1.25. The Hall–Kier alpha value is -2.19. The lowest BCUT2D eigenvalue weighted by Crippen LogP contribution is -2.39. The van der Waals surface area contributed by atoms with Crippen LogP contribution >= 0.6 is 27.3 Å². The number of nitrogens with one attached hydrogen (secondary N) is 1. The second kappa shape index (κ2) is 8.67. The molecule has 29 heavy (non-hydrogen) atoms. The maximum Gasteiger partial charge on any atom is 0.227 e. The Morgan fingerprint density at radius 3 is 2.97 bits per heavy atom. The minimum atomic E-state index is -0.389. The van der Waals surface area contributed by atoms with Gasteiger partial charge in [0.25, 0.3) is 0 Å². The largest absolute Gasteiger partial charge is 0.355 e. The van der Waals surface area contributed by atoms with Crippen molar-refractivity contribution >= 4 is 50.7 Å². The molecule has 0 aliphatic carbocycles. The molecule has 1 atom stereocenters. The lowest BCUT2D eigenvalue weighted by molar-refractivity contribution is -0.132. The molecule has 2 aromatic rings. The van der Waals surface area contributed by atoms with Crippen molar-refractivity contribution in [1.29, 1.82) is 0 Å². The van der Waals surface area contributed by atoms with E-state index in [1.165, 1.54) is 10.4 Å². The zero-order chi connectivity index (χ0) is 20.4. The van der Waals surface area contributed by atoms with E-state index >= 15 is 0 Å². The number of amides is 3. The van der Waals surface area contributed by atoms with Gasteiger partial charge in [0, 0.05) is 54.1 Å². The summed E-state index contributed by atoms with van der Waals surface area (Å²) in [7, 11) is 0. The highest BCUT2D eigenvalue weighted by atomic mass is 79.9. The summed E-state index contributed by atoms with van der Waals surface area (Å²) in [4.78, 5) is 42.2. The van der Waals surface area contributed by atoms with Crippen LogP contribution in [0.1, 0.15) is 23.3 Å². The molecular weight excluding hydrogens is 454 g/mol. The van der Waals surface area contributed by atoms with Crippen LogP contribution in [0.4, 0.5) is 5.69 Å². The van der Waals surface area contributed by atoms with Crippen molar-refractivity contribution in [3.05, 3.63) is 50.6 Å². The molecule has 152 valence electrons. The van der Waals surface area contributed by atoms with Crippen LogP contribution in [-0.2, 0) is 27.3 Å². The summed E-state index contributed by atoms with van der Waals surface area (Å²) in [5.74, 6) is -0.554. The highest BCUT2D eigenvalue weighted by Gasteiger charge is 2.35. The van der Waals surface area contributed by atoms with Gasteiger partial charge in [-0.25, -0.2) is 0 Å². The summed E-state index contributed by atoms with van der Waals surface area (Å²) < 4.78 is 0.890. The Labute approximate surface area is 182 Å². The van der Waals surface area contributed by atoms with Gasteiger partial charge in [-0.1, -0.05) is 22.0 Å². The smallest absolute Gasteiger partial charge is 0.227 e. The quantitative estimate of drug-likeness (QED) is 0.722. The number of hydrogen-bond acceptors (Lipinski definition) is 4. The van der Waals surface area contributed by atoms with Gasteiger partial charge in [0.2, 0.25) is 17.7 Å². The molecule has 4 rings (SSSR count). The van der Waals surface area contributed by atoms with Crippen molar-refractivity contribution in [3.8, 4) is 0 Å². The maximum atomic E-state index is 12.5. The Morgan fingerprint density at radius 2 is 2.14 bits per heavy atom. The highest BCUT2D eigenvalue weighted by molar-refractivity contribution is 9.10. The third-order valence-electron chi connectivity index (χ3n) is 5.41. The first kappa shape index (κ1) is 20.1. The van der Waals surface area contributed by atoms with Gasteiger partial charge >= 0.3 is 0 Å². The van der Waals surface area contributed by atoms with Gasteiger partial charge in [0.1, 0.15) is 0 Å². The molecule has 2 aliphatic heterocycles. The summed E-state index contributed by atoms with van der Waals surface area (Å²) in [5, 5.41) is 4.91. The van der Waals surface area contributed by atoms with Gasteiger partial charge in [-0.3, -0.25) is 14.4 Å². The Bertz CT molecular complexity index is 945. The molecule has 3 heterocycles. The van der Waals surface area contributed by atoms with E-state index in [9.17, 15) is 14.4 Å². The molecule has 0 saturated carbocycles. The number of halogens is 1. The molecule has 0 radical (unpaired) electrons. The van der Waals surface area contributed by atoms with Gasteiger partial charge in [0.05, 0.1) is 5.92 Å². The first-order chi connectivity index (χ1) is 14.0. The molecule has 2 aliphatic rings. The lowest BCUT2D eigenvalue weighted by atomic mass is 10.1. The van der Waals surface area contributed by atoms with Gasteiger partial charge in [-0.2, -0.15) is 0 Å². The number of carbonyl (C=O) groups is 3. The topological polar surface area (TPSA) is 69.7 Å². The molecule has 1 saturated heterocycles. The van der Waals surface area contributed by atoms with Crippen LogP contribution in [-0.4, -0.2) is 42.3 Å². The molecule has 1 aromatic carbocycles. The van der Waals surface area contributed by atoms with Crippen molar-refractivity contribution in [2.45, 2.75) is 25.8 Å². The summed E-state index contributed by atoms with van der Waals surface area (Å²) in [6, 6.07) is 9.57. The van der Waals surface area contributed by atoms with Crippen LogP contribution in [0.5, 0.6) is 0 Å². The number of fused-ring (bicyclic) bond motifs is 1. The maximum absolute atomic E-state index is 12.5. The van der Waals surface area contributed by atoms with E-state index in [0.29, 0.717) is 19.6 Å². The number of anilines is 1. The molecule has 0 spiro atoms. The van der Waals surface area contributed by atoms with Crippen molar-refractivity contribution in [3.63, 3.8) is 0 Å². The lowest BCUT2D eigenvalue weighted by Gasteiger charge is -2.27. The molecule has 6 nitrogen and oxygen atoms in total. The minimum Gasteiger partial charge on any atom is -0.355 e. The summed E-state index contributed by atoms with van der Waals surface area (Å²) in [6.07, 6.45) is 1.38. The molecule has 1 unspecified atom stereocenters. The predicted octanol–water partition coefficient (Wildman–Crippen LogP) is 2.95. The predicted molar refractivity (Wildman–Crippen MR) is 116 cm³/mol. The average molecular weight is 476 g/mol. The van der Waals surface area contributed by atoms with E-state index in [-0.39, 0.29) is 36.5 Å². The highest BCUT2D eigenvalue weighted by Crippen LogP contribution is 2.27. The van der Waals surface area contributed by atoms with E-state index in [2.05, 4.69) is 32.7 Å². The molecule has 1 N–H and O–H groups in total. The zero-order valence-corrected chi connectivity index (χ0v) is 18.3. The third kappa shape index (κ3) is 4.53. The van der Waals surface area contributed by atoms with Gasteiger partial charge in [0.15, 0.2) is 0 Å². The minimum absolute atomic E-state index is 0.0559. The first-order valence-electron chi connectivity index (χ1n) is 9.68. The SMILES string of the molecule is O=C(NCCC(=O)N1CCc2sccc2C1)C1CC(=O)N(c2cccc(Br)c2)C1. The van der Waals surface area contributed by atoms with Gasteiger partial charge in [-0.05, 0) is 41.6 Å². The van der Waals surface area contributed by atoms with E-state index in [0.717, 1.165) is 23.1 Å². The second-order valence-corrected chi connectivity index (χ2v) is 9.28. The average Bonchev–Trinajstić information content (AvgIpc) is 3.33. The normalized spacial score (nSPS) is 18.7. The van der Waals surface area contributed by atoms with Crippen LogP contribution in [0.3, 0.4) is 0 Å². The standard InChI is InChI=1S/C21H22BrN3O3S/c22-16-2-1-3-17(11-16)25-13-15(10-20(25)27)21(28)23-7-4-19(26)24-8-5-18-14(12-24)6-9-29-18/h1-3,6,9,11,15H,4-5,7-8,10,12-13H2,(H,23,28). The number of carbonyl (C=O) groups excluding carboxylic acids is 3. The van der Waals surface area contributed by atoms with Crippen LogP contribution < -0.4 is 10.2 Å². The van der Waals surface area contributed by atoms with Crippen molar-refractivity contribution in [2.24, 2.45) is 5.92 Å². The number of rotatable bonds is 5. The number of nitrogens with zero attached hydrogens (tertiary/aromatic N) is 2. The summed E-state index contributed by atoms with van der Waals surface area (Å²) in [6.45, 7) is 2.05. The van der Waals surface area contributed by atoms with Gasteiger partial charge in [-0.15, -0.1) is 11.3 Å². The Morgan fingerprint density at radius 1 is 1.28 bits per heavy atom. The summed E-state index contributed by atoms with van der Waals surface area (Å²) in [5.41, 5.74) is 2.02. The van der Waals surface area contributed by atoms with E-state index in [4.69, 9.17) is 0 Å². The van der Waals surface area contributed by atoms with Crippen molar-refractivity contribution in [1.82, 2.24) is 10.2 Å². The zero-order valence-electron chi connectivity index (χ0n) is 15.9. The fourth-order valence-electron chi connectivity index (χ4n) is 3.83. The number of benzene rings is 1.